The van der Waals surface area contributed by atoms with Crippen molar-refractivity contribution < 1.29 is 14.7 Å². The largest absolute Gasteiger partial charge is 0.396 e. The Kier molecular flexibility index (Phi) is 5.90. The van der Waals surface area contributed by atoms with Gasteiger partial charge in [0.25, 0.3) is 5.91 Å². The lowest BCUT2D eigenvalue weighted by Crippen LogP contribution is -2.24. The maximum absolute atomic E-state index is 12.1. The van der Waals surface area contributed by atoms with Crippen molar-refractivity contribution in [2.75, 3.05) is 12.3 Å². The van der Waals surface area contributed by atoms with E-state index in [-0.39, 0.29) is 18.3 Å². The lowest BCUT2D eigenvalue weighted by atomic mass is 9.84. The number of nitrogens with two attached hydrogens (primary N) is 2. The molecule has 1 heterocycles. The summed E-state index contributed by atoms with van der Waals surface area (Å²) in [6.07, 6.45) is 1.72. The van der Waals surface area contributed by atoms with Gasteiger partial charge in [0.2, 0.25) is 0 Å². The number of hydrogen-bond donors (Lipinski definition) is 3. The molecule has 0 bridgehead atoms. The summed E-state index contributed by atoms with van der Waals surface area (Å²) >= 11 is 1.13. The number of aliphatic hydroxyl groups is 1. The maximum atomic E-state index is 12.1. The first-order valence-corrected chi connectivity index (χ1v) is 8.24. The average Bonchev–Trinajstić information content (AvgIpc) is 2.90. The highest BCUT2D eigenvalue weighted by atomic mass is 32.1. The molecule has 0 saturated heterocycles. The van der Waals surface area contributed by atoms with E-state index in [1.165, 1.54) is 0 Å². The first-order valence-electron chi connectivity index (χ1n) is 7.42. The third-order valence-electron chi connectivity index (χ3n) is 3.76. The SMILES string of the molecule is NC(=O)c1c(N)sc2c1CCC(CCO)C2=O.c1ccccc1. The van der Waals surface area contributed by atoms with Crippen molar-refractivity contribution in [3.63, 3.8) is 0 Å². The highest BCUT2D eigenvalue weighted by Crippen LogP contribution is 2.38. The number of aliphatic hydroxyl groups excluding tert-OH is 1. The number of Topliss-reactive ketones (excluding diaryl/α,β-unsaturated/α-hetero) is 1. The van der Waals surface area contributed by atoms with Crippen LogP contribution in [-0.2, 0) is 6.42 Å². The molecule has 1 aromatic heterocycles. The fraction of sp³-hybridized carbons (Fsp3) is 0.294. The van der Waals surface area contributed by atoms with Crippen molar-refractivity contribution in [1.29, 1.82) is 0 Å². The number of carbonyl (C=O) groups excluding carboxylic acids is 2. The van der Waals surface area contributed by atoms with Gasteiger partial charge in [-0.2, -0.15) is 0 Å². The molecule has 1 amide bonds. The zero-order chi connectivity index (χ0) is 16.8. The summed E-state index contributed by atoms with van der Waals surface area (Å²) in [7, 11) is 0. The Morgan fingerprint density at radius 2 is 1.78 bits per heavy atom. The van der Waals surface area contributed by atoms with E-state index in [1.807, 2.05) is 36.4 Å². The molecule has 6 heteroatoms. The maximum Gasteiger partial charge on any atom is 0.251 e. The second-order valence-electron chi connectivity index (χ2n) is 5.28. The Morgan fingerprint density at radius 3 is 2.26 bits per heavy atom. The summed E-state index contributed by atoms with van der Waals surface area (Å²) in [6.45, 7) is -0.00469. The van der Waals surface area contributed by atoms with Gasteiger partial charge in [-0.25, -0.2) is 0 Å². The molecular weight excluding hydrogens is 312 g/mol. The van der Waals surface area contributed by atoms with Gasteiger partial charge in [-0.05, 0) is 24.8 Å². The minimum absolute atomic E-state index is 0.00469. The zero-order valence-corrected chi connectivity index (χ0v) is 13.5. The first-order chi connectivity index (χ1) is 11.1. The summed E-state index contributed by atoms with van der Waals surface area (Å²) in [4.78, 5) is 23.9. The molecule has 1 aliphatic rings. The van der Waals surface area contributed by atoms with E-state index in [9.17, 15) is 9.59 Å². The third-order valence-corrected chi connectivity index (χ3v) is 4.84. The van der Waals surface area contributed by atoms with Gasteiger partial charge in [0.1, 0.15) is 0 Å². The van der Waals surface area contributed by atoms with Crippen LogP contribution < -0.4 is 11.5 Å². The second kappa shape index (κ2) is 7.89. The van der Waals surface area contributed by atoms with Crippen molar-refractivity contribution in [3.8, 4) is 0 Å². The highest BCUT2D eigenvalue weighted by molar-refractivity contribution is 7.18. The number of thiophene rings is 1. The molecular formula is C17H20N2O3S. The molecule has 1 aliphatic carbocycles. The molecule has 0 saturated carbocycles. The van der Waals surface area contributed by atoms with Crippen molar-refractivity contribution in [2.45, 2.75) is 19.3 Å². The van der Waals surface area contributed by atoms with E-state index in [2.05, 4.69) is 0 Å². The zero-order valence-electron chi connectivity index (χ0n) is 12.7. The van der Waals surface area contributed by atoms with Gasteiger partial charge in [-0.15, -0.1) is 11.3 Å². The summed E-state index contributed by atoms with van der Waals surface area (Å²) in [6, 6.07) is 12.0. The quantitative estimate of drug-likeness (QED) is 0.801. The van der Waals surface area contributed by atoms with E-state index in [4.69, 9.17) is 16.6 Å². The molecule has 122 valence electrons. The number of rotatable bonds is 3. The van der Waals surface area contributed by atoms with Crippen LogP contribution in [-0.4, -0.2) is 23.4 Å². The molecule has 0 aliphatic heterocycles. The summed E-state index contributed by atoms with van der Waals surface area (Å²) in [5, 5.41) is 9.20. The molecule has 2 aromatic rings. The number of fused-ring (bicyclic) bond motifs is 1. The van der Waals surface area contributed by atoms with Crippen LogP contribution in [0.1, 0.15) is 38.4 Å². The number of ketones is 1. The van der Waals surface area contributed by atoms with Crippen molar-refractivity contribution in [3.05, 3.63) is 52.4 Å². The van der Waals surface area contributed by atoms with Gasteiger partial charge in [-0.1, -0.05) is 36.4 Å². The van der Waals surface area contributed by atoms with Crippen molar-refractivity contribution >= 4 is 28.0 Å². The van der Waals surface area contributed by atoms with Crippen molar-refractivity contribution in [2.24, 2.45) is 11.7 Å². The summed E-state index contributed by atoms with van der Waals surface area (Å²) < 4.78 is 0. The van der Waals surface area contributed by atoms with Gasteiger partial charge in [0, 0.05) is 12.5 Å². The molecule has 1 atom stereocenters. The molecule has 0 spiro atoms. The number of nitrogen functional groups attached to an aromatic ring is 1. The van der Waals surface area contributed by atoms with E-state index < -0.39 is 5.91 Å². The fourth-order valence-corrected chi connectivity index (χ4v) is 3.78. The Balaban J connectivity index is 0.000000268. The van der Waals surface area contributed by atoms with Crippen LogP contribution in [0.25, 0.3) is 0 Å². The number of carbonyl (C=O) groups is 2. The van der Waals surface area contributed by atoms with Gasteiger partial charge < -0.3 is 16.6 Å². The Morgan fingerprint density at radius 1 is 1.22 bits per heavy atom. The van der Waals surface area contributed by atoms with Crippen LogP contribution in [0, 0.1) is 5.92 Å². The number of benzene rings is 1. The smallest absolute Gasteiger partial charge is 0.251 e. The minimum atomic E-state index is -0.576. The lowest BCUT2D eigenvalue weighted by molar-refractivity contribution is 0.0880. The van der Waals surface area contributed by atoms with E-state index in [0.717, 1.165) is 11.3 Å². The van der Waals surface area contributed by atoms with Crippen LogP contribution in [0.15, 0.2) is 36.4 Å². The lowest BCUT2D eigenvalue weighted by Gasteiger charge is -2.20. The fourth-order valence-electron chi connectivity index (χ4n) is 2.64. The van der Waals surface area contributed by atoms with Gasteiger partial charge in [-0.3, -0.25) is 9.59 Å². The molecule has 5 N–H and O–H groups in total. The summed E-state index contributed by atoms with van der Waals surface area (Å²) in [5.74, 6) is -0.760. The van der Waals surface area contributed by atoms with Crippen LogP contribution in [0.2, 0.25) is 0 Å². The Bertz CT molecular complexity index is 656. The second-order valence-corrected chi connectivity index (χ2v) is 6.33. The normalized spacial score (nSPS) is 16.2. The van der Waals surface area contributed by atoms with Crippen molar-refractivity contribution in [1.82, 2.24) is 0 Å². The highest BCUT2D eigenvalue weighted by Gasteiger charge is 2.33. The third kappa shape index (κ3) is 3.97. The van der Waals surface area contributed by atoms with Crippen LogP contribution in [0.4, 0.5) is 5.00 Å². The molecule has 1 unspecified atom stereocenters. The Labute approximate surface area is 138 Å². The van der Waals surface area contributed by atoms with Crippen LogP contribution in [0.3, 0.4) is 0 Å². The predicted octanol–water partition coefficient (Wildman–Crippen LogP) is 2.24. The number of hydrogen-bond acceptors (Lipinski definition) is 5. The first kappa shape index (κ1) is 17.2. The van der Waals surface area contributed by atoms with Gasteiger partial charge in [0.15, 0.2) is 5.78 Å². The van der Waals surface area contributed by atoms with Gasteiger partial charge >= 0.3 is 0 Å². The van der Waals surface area contributed by atoms with Gasteiger partial charge in [0.05, 0.1) is 15.4 Å². The average molecular weight is 332 g/mol. The summed E-state index contributed by atoms with van der Waals surface area (Å²) in [5.41, 5.74) is 12.0. The predicted molar refractivity (Wildman–Crippen MR) is 91.5 cm³/mol. The molecule has 0 fully saturated rings. The molecule has 1 aromatic carbocycles. The minimum Gasteiger partial charge on any atom is -0.396 e. The van der Waals surface area contributed by atoms with Crippen LogP contribution in [0.5, 0.6) is 0 Å². The molecule has 5 nitrogen and oxygen atoms in total. The van der Waals surface area contributed by atoms with E-state index in [1.54, 1.807) is 0 Å². The monoisotopic (exact) mass is 332 g/mol. The topological polar surface area (TPSA) is 106 Å². The van der Waals surface area contributed by atoms with Crippen LogP contribution >= 0.6 is 11.3 Å². The number of anilines is 1. The molecule has 23 heavy (non-hydrogen) atoms. The van der Waals surface area contributed by atoms with E-state index in [0.29, 0.717) is 40.3 Å². The molecule has 3 rings (SSSR count). The van der Waals surface area contributed by atoms with E-state index >= 15 is 0 Å². The number of amides is 1. The molecule has 0 radical (unpaired) electrons. The standard InChI is InChI=1S/C11H14N2O3S.C6H6/c12-10(16)7-6-2-1-5(3-4-14)8(15)9(6)17-11(7)13;1-2-4-6-5-3-1/h5,14H,1-4,13H2,(H2,12,16);1-6H. The Hall–Kier alpha value is -2.18. The number of primary amides is 1.